The van der Waals surface area contributed by atoms with Crippen molar-refractivity contribution in [2.45, 2.75) is 121 Å². The zero-order chi connectivity index (χ0) is 31.6. The Morgan fingerprint density at radius 3 is 1.77 bits per heavy atom. The maximum absolute atomic E-state index is 11.8. The molecule has 0 saturated carbocycles. The van der Waals surface area contributed by atoms with Crippen LogP contribution in [0.3, 0.4) is 0 Å². The Kier molecular flexibility index (Phi) is 29.7. The van der Waals surface area contributed by atoms with E-state index in [2.05, 4.69) is 51.7 Å². The molecule has 0 aliphatic heterocycles. The van der Waals surface area contributed by atoms with Crippen molar-refractivity contribution in [3.63, 3.8) is 0 Å². The molecule has 0 fully saturated rings. The van der Waals surface area contributed by atoms with E-state index in [0.717, 1.165) is 22.8 Å². The third-order valence-electron chi connectivity index (χ3n) is 4.02. The standard InChI is InChI=1S/C17H25NO4.C9H14.C4H10.2C2H6/c1-6-15(19)18-14(16(20)21-5)11-12-7-9-13(10-8-12)22-17(2,3)4;1-5-9(4)7-6-8(2)3;1-4(2)3;2*1-2/h7-10,14H,6,11H2,1-5H3,(H,18,19);5-7H,2H2,1,3-4H3;4H,1-3H3;2*1-2H3/b;7-6-,9-5-;;;. The van der Waals surface area contributed by atoms with Crippen LogP contribution in [-0.4, -0.2) is 30.6 Å². The lowest BCUT2D eigenvalue weighted by Crippen LogP contribution is -2.42. The van der Waals surface area contributed by atoms with Gasteiger partial charge < -0.3 is 14.8 Å². The first-order valence-electron chi connectivity index (χ1n) is 14.3. The van der Waals surface area contributed by atoms with Crippen LogP contribution in [-0.2, 0) is 20.7 Å². The summed E-state index contributed by atoms with van der Waals surface area (Å²) in [5.41, 5.74) is 3.04. The van der Waals surface area contributed by atoms with Gasteiger partial charge in [0.15, 0.2) is 0 Å². The summed E-state index contributed by atoms with van der Waals surface area (Å²) in [7, 11) is 1.31. The van der Waals surface area contributed by atoms with E-state index in [9.17, 15) is 9.59 Å². The topological polar surface area (TPSA) is 64.6 Å². The largest absolute Gasteiger partial charge is 0.488 e. The SMILES string of the molecule is C=C(C)/C=C\C(C)=C/C.CC.CC.CC(C)C.CCC(=O)NC(Cc1ccc(OC(C)(C)C)cc1)C(=O)OC. The van der Waals surface area contributed by atoms with E-state index in [1.54, 1.807) is 6.92 Å². The highest BCUT2D eigenvalue weighted by molar-refractivity contribution is 5.84. The second-order valence-electron chi connectivity index (χ2n) is 10.0. The highest BCUT2D eigenvalue weighted by atomic mass is 16.5. The van der Waals surface area contributed by atoms with E-state index in [1.807, 2.05) is 92.7 Å². The lowest BCUT2D eigenvalue weighted by molar-refractivity contribution is -0.145. The lowest BCUT2D eigenvalue weighted by Gasteiger charge is -2.21. The van der Waals surface area contributed by atoms with E-state index < -0.39 is 12.0 Å². The minimum absolute atomic E-state index is 0.178. The minimum atomic E-state index is -0.674. The van der Waals surface area contributed by atoms with Crippen LogP contribution in [0.2, 0.25) is 0 Å². The van der Waals surface area contributed by atoms with Crippen LogP contribution in [0.4, 0.5) is 0 Å². The van der Waals surface area contributed by atoms with Crippen molar-refractivity contribution < 1.29 is 19.1 Å². The number of carbonyl (C=O) groups excluding carboxylic acids is 2. The van der Waals surface area contributed by atoms with Gasteiger partial charge in [0.05, 0.1) is 7.11 Å². The number of hydrogen-bond acceptors (Lipinski definition) is 4. The Labute approximate surface area is 242 Å². The highest BCUT2D eigenvalue weighted by Gasteiger charge is 2.21. The summed E-state index contributed by atoms with van der Waals surface area (Å²) < 4.78 is 10.5. The Morgan fingerprint density at radius 1 is 0.974 bits per heavy atom. The van der Waals surface area contributed by atoms with Gasteiger partial charge in [-0.2, -0.15) is 0 Å². The molecule has 5 nitrogen and oxygen atoms in total. The summed E-state index contributed by atoms with van der Waals surface area (Å²) in [6.45, 7) is 32.0. The Balaban J connectivity index is -0.000000298. The number of ether oxygens (including phenoxy) is 2. The minimum Gasteiger partial charge on any atom is -0.488 e. The number of carbonyl (C=O) groups is 2. The van der Waals surface area contributed by atoms with Crippen LogP contribution in [0.1, 0.15) is 109 Å². The van der Waals surface area contributed by atoms with Crippen LogP contribution >= 0.6 is 0 Å². The molecule has 226 valence electrons. The van der Waals surface area contributed by atoms with Crippen LogP contribution in [0.25, 0.3) is 0 Å². The molecule has 1 atom stereocenters. The first-order chi connectivity index (χ1) is 18.1. The van der Waals surface area contributed by atoms with Crippen molar-refractivity contribution in [1.29, 1.82) is 0 Å². The fraction of sp³-hybridized carbons (Fsp3) is 0.588. The van der Waals surface area contributed by atoms with Gasteiger partial charge in [-0.3, -0.25) is 4.79 Å². The Morgan fingerprint density at radius 2 is 1.44 bits per heavy atom. The molecule has 0 aliphatic carbocycles. The lowest BCUT2D eigenvalue weighted by atomic mass is 10.1. The third kappa shape index (κ3) is 31.3. The Bertz CT molecular complexity index is 810. The molecule has 1 rings (SSSR count). The molecular formula is C34H61NO4. The summed E-state index contributed by atoms with van der Waals surface area (Å²) in [4.78, 5) is 23.3. The smallest absolute Gasteiger partial charge is 0.328 e. The number of benzene rings is 1. The predicted octanol–water partition coefficient (Wildman–Crippen LogP) is 9.27. The van der Waals surface area contributed by atoms with Crippen molar-refractivity contribution in [3.05, 3.63) is 65.8 Å². The molecule has 5 heteroatoms. The first kappa shape index (κ1) is 43.2. The summed E-state index contributed by atoms with van der Waals surface area (Å²) >= 11 is 0. The number of esters is 1. The fourth-order valence-corrected chi connectivity index (χ4v) is 2.28. The van der Waals surface area contributed by atoms with Gasteiger partial charge in [0.2, 0.25) is 5.91 Å². The molecule has 0 spiro atoms. The summed E-state index contributed by atoms with van der Waals surface area (Å²) in [6.07, 6.45) is 6.84. The molecule has 1 aromatic carbocycles. The van der Waals surface area contributed by atoms with E-state index in [1.165, 1.54) is 12.7 Å². The fourth-order valence-electron chi connectivity index (χ4n) is 2.28. The van der Waals surface area contributed by atoms with Crippen LogP contribution < -0.4 is 10.1 Å². The quantitative estimate of drug-likeness (QED) is 0.260. The molecule has 0 aliphatic rings. The van der Waals surface area contributed by atoms with Crippen molar-refractivity contribution >= 4 is 11.9 Å². The molecule has 1 aromatic rings. The van der Waals surface area contributed by atoms with Gasteiger partial charge >= 0.3 is 5.97 Å². The monoisotopic (exact) mass is 547 g/mol. The molecule has 0 heterocycles. The number of rotatable bonds is 8. The predicted molar refractivity (Wildman–Crippen MR) is 171 cm³/mol. The summed E-state index contributed by atoms with van der Waals surface area (Å²) in [5.74, 6) is 0.975. The average molecular weight is 548 g/mol. The number of allylic oxidation sites excluding steroid dienone is 5. The molecule has 1 N–H and O–H groups in total. The number of methoxy groups -OCH3 is 1. The van der Waals surface area contributed by atoms with E-state index in [4.69, 9.17) is 9.47 Å². The third-order valence-corrected chi connectivity index (χ3v) is 4.02. The zero-order valence-electron chi connectivity index (χ0n) is 28.0. The second kappa shape index (κ2) is 26.8. The summed E-state index contributed by atoms with van der Waals surface area (Å²) in [5, 5.41) is 2.67. The van der Waals surface area contributed by atoms with Gasteiger partial charge in [0, 0.05) is 12.8 Å². The number of nitrogens with one attached hydrogen (secondary N) is 1. The number of hydrogen-bond donors (Lipinski definition) is 1. The van der Waals surface area contributed by atoms with Crippen LogP contribution in [0.5, 0.6) is 5.75 Å². The van der Waals surface area contributed by atoms with E-state index >= 15 is 0 Å². The van der Waals surface area contributed by atoms with E-state index in [-0.39, 0.29) is 11.5 Å². The second-order valence-corrected chi connectivity index (χ2v) is 10.0. The normalized spacial score (nSPS) is 11.1. The van der Waals surface area contributed by atoms with Crippen LogP contribution in [0, 0.1) is 5.92 Å². The first-order valence-corrected chi connectivity index (χ1v) is 14.3. The molecule has 39 heavy (non-hydrogen) atoms. The maximum Gasteiger partial charge on any atom is 0.328 e. The van der Waals surface area contributed by atoms with Crippen molar-refractivity contribution in [2.75, 3.05) is 7.11 Å². The highest BCUT2D eigenvalue weighted by Crippen LogP contribution is 2.19. The average Bonchev–Trinajstić information content (AvgIpc) is 2.88. The Hall–Kier alpha value is -2.82. The van der Waals surface area contributed by atoms with Crippen molar-refractivity contribution in [1.82, 2.24) is 5.32 Å². The molecule has 1 amide bonds. The van der Waals surface area contributed by atoms with Crippen molar-refractivity contribution in [3.8, 4) is 5.75 Å². The van der Waals surface area contributed by atoms with Gasteiger partial charge in [-0.15, -0.1) is 0 Å². The van der Waals surface area contributed by atoms with Crippen molar-refractivity contribution in [2.24, 2.45) is 5.92 Å². The van der Waals surface area contributed by atoms with Gasteiger partial charge in [-0.25, -0.2) is 4.79 Å². The molecular weight excluding hydrogens is 486 g/mol. The van der Waals surface area contributed by atoms with Gasteiger partial charge in [0.1, 0.15) is 17.4 Å². The number of amides is 1. The molecule has 0 saturated heterocycles. The van der Waals surface area contributed by atoms with Crippen LogP contribution in [0.15, 0.2) is 60.2 Å². The maximum atomic E-state index is 11.8. The molecule has 0 radical (unpaired) electrons. The van der Waals surface area contributed by atoms with Gasteiger partial charge in [-0.05, 0) is 65.2 Å². The van der Waals surface area contributed by atoms with Gasteiger partial charge in [-0.1, -0.05) is 103 Å². The summed E-state index contributed by atoms with van der Waals surface area (Å²) in [6, 6.07) is 6.81. The molecule has 0 bridgehead atoms. The zero-order valence-corrected chi connectivity index (χ0v) is 28.0. The van der Waals surface area contributed by atoms with E-state index in [0.29, 0.717) is 12.8 Å². The molecule has 1 unspecified atom stereocenters. The van der Waals surface area contributed by atoms with Gasteiger partial charge in [0.25, 0.3) is 0 Å². The molecule has 0 aromatic heterocycles.